The highest BCUT2D eigenvalue weighted by atomic mass is 19.1. The maximum Gasteiger partial charge on any atom is 0.274 e. The maximum atomic E-state index is 15.1. The molecule has 2 bridgehead atoms. The third kappa shape index (κ3) is 6.15. The van der Waals surface area contributed by atoms with Gasteiger partial charge in [-0.05, 0) is 56.0 Å². The van der Waals surface area contributed by atoms with Crippen molar-refractivity contribution in [2.45, 2.75) is 70.4 Å². The zero-order valence-corrected chi connectivity index (χ0v) is 28.6. The molecule has 4 atom stereocenters. The first kappa shape index (κ1) is 34.3. The van der Waals surface area contributed by atoms with E-state index in [1.165, 1.54) is 18.3 Å². The topological polar surface area (TPSA) is 120 Å². The number of hydrogen-bond acceptors (Lipinski definition) is 8. The summed E-state index contributed by atoms with van der Waals surface area (Å²) in [6.07, 6.45) is 1.83. The second kappa shape index (κ2) is 13.5. The summed E-state index contributed by atoms with van der Waals surface area (Å²) in [5, 5.41) is 1.67. The van der Waals surface area contributed by atoms with E-state index in [9.17, 15) is 18.8 Å². The van der Waals surface area contributed by atoms with E-state index < -0.39 is 46.8 Å². The number of amides is 2. The van der Waals surface area contributed by atoms with Crippen molar-refractivity contribution < 1.29 is 32.7 Å². The summed E-state index contributed by atoms with van der Waals surface area (Å²) >= 11 is 0. The van der Waals surface area contributed by atoms with Gasteiger partial charge in [0.15, 0.2) is 17.2 Å². The normalized spacial score (nSPS) is 23.3. The highest BCUT2D eigenvalue weighted by Crippen LogP contribution is 2.49. The monoisotopic (exact) mass is 699 g/mol. The van der Waals surface area contributed by atoms with Crippen LogP contribution in [-0.2, 0) is 24.5 Å². The Hall–Kier alpha value is -5.11. The second-order valence-electron chi connectivity index (χ2n) is 13.3. The van der Waals surface area contributed by atoms with Gasteiger partial charge in [-0.15, -0.1) is 0 Å². The molecule has 266 valence electrons. The van der Waals surface area contributed by atoms with Gasteiger partial charge in [0.1, 0.15) is 29.6 Å². The smallest absolute Gasteiger partial charge is 0.274 e. The Labute approximate surface area is 293 Å². The molecule has 2 amide bonds. The fourth-order valence-corrected chi connectivity index (χ4v) is 7.49. The molecule has 51 heavy (non-hydrogen) atoms. The van der Waals surface area contributed by atoms with Crippen molar-refractivity contribution in [3.63, 3.8) is 0 Å². The number of methoxy groups -OCH3 is 1. The number of hydrogen-bond donors (Lipinski definition) is 1. The first-order valence-corrected chi connectivity index (χ1v) is 16.9. The van der Waals surface area contributed by atoms with Gasteiger partial charge >= 0.3 is 0 Å². The van der Waals surface area contributed by atoms with Crippen LogP contribution in [0.15, 0.2) is 83.8 Å². The number of carbonyl (C=O) groups is 2. The number of carbonyl (C=O) groups excluding carboxylic acids is 2. The number of fused-ring (bicyclic) bond motifs is 5. The molecule has 3 aromatic carbocycles. The minimum atomic E-state index is -1.19. The standard InChI is InChI=1S/C38H39F2N5O6/c1-23-15-16-38(44(18-25-9-13-29(49-3)14-10-25)24(2)45(51-38)19-27-11-12-28(39)17-31(27)40)32-21-42(23)37(48)33-35(50-22-26-7-5-4-6-8-26)34(46)30(36(41)47)20-43(32)33/h4-14,17,20,23-24,32H,15-16,18-19,21-22H2,1-3H3,(H2,41,47)/t23-,24?,32+,38+/m0/s1. The first-order valence-electron chi connectivity index (χ1n) is 16.9. The molecule has 0 aliphatic carbocycles. The average molecular weight is 700 g/mol. The molecule has 4 aromatic rings. The summed E-state index contributed by atoms with van der Waals surface area (Å²) in [6.45, 7) is 4.40. The Bertz CT molecular complexity index is 2030. The minimum absolute atomic E-state index is 0.00557. The van der Waals surface area contributed by atoms with E-state index in [0.717, 1.165) is 17.2 Å². The summed E-state index contributed by atoms with van der Waals surface area (Å²) in [5.41, 5.74) is 5.41. The molecule has 3 aliphatic rings. The molecule has 0 radical (unpaired) electrons. The molecule has 2 N–H and O–H groups in total. The predicted molar refractivity (Wildman–Crippen MR) is 182 cm³/mol. The van der Waals surface area contributed by atoms with E-state index in [0.29, 0.717) is 25.1 Å². The summed E-state index contributed by atoms with van der Waals surface area (Å²) in [6, 6.07) is 19.3. The number of rotatable bonds is 9. The van der Waals surface area contributed by atoms with Crippen LogP contribution in [0.1, 0.15) is 70.3 Å². The fourth-order valence-electron chi connectivity index (χ4n) is 7.49. The number of nitrogens with zero attached hydrogens (tertiary/aromatic N) is 4. The Kier molecular flexibility index (Phi) is 9.12. The molecule has 3 aliphatic heterocycles. The van der Waals surface area contributed by atoms with Crippen molar-refractivity contribution in [1.82, 2.24) is 19.4 Å². The van der Waals surface area contributed by atoms with E-state index in [2.05, 4.69) is 4.90 Å². The average Bonchev–Trinajstić information content (AvgIpc) is 3.30. The van der Waals surface area contributed by atoms with Gasteiger partial charge in [-0.3, -0.25) is 24.1 Å². The SMILES string of the molecule is COc1ccc(CN2C(C)N(Cc3ccc(F)cc3F)O[C@@]23CC[C@H](C)N2C[C@H]3n3cc(C(N)=O)c(=O)c(OCc4ccccc4)c3C2=O)cc1. The van der Waals surface area contributed by atoms with Gasteiger partial charge in [-0.2, -0.15) is 5.06 Å². The Morgan fingerprint density at radius 1 is 1.00 bits per heavy atom. The van der Waals surface area contributed by atoms with E-state index in [4.69, 9.17) is 20.0 Å². The Balaban J connectivity index is 1.39. The zero-order chi connectivity index (χ0) is 36.0. The lowest BCUT2D eigenvalue weighted by Gasteiger charge is -2.46. The lowest BCUT2D eigenvalue weighted by Crippen LogP contribution is -2.58. The van der Waals surface area contributed by atoms with E-state index in [1.807, 2.05) is 68.4 Å². The highest BCUT2D eigenvalue weighted by Gasteiger charge is 2.60. The third-order valence-electron chi connectivity index (χ3n) is 10.3. The summed E-state index contributed by atoms with van der Waals surface area (Å²) < 4.78 is 42.1. The van der Waals surface area contributed by atoms with Gasteiger partial charge in [0.2, 0.25) is 5.43 Å². The number of pyridine rings is 1. The van der Waals surface area contributed by atoms with Crippen molar-refractivity contribution >= 4 is 11.8 Å². The van der Waals surface area contributed by atoms with Crippen LogP contribution in [0, 0.1) is 11.6 Å². The molecule has 0 saturated carbocycles. The number of nitrogens with two attached hydrogens (primary N) is 1. The minimum Gasteiger partial charge on any atom is -0.497 e. The lowest BCUT2D eigenvalue weighted by atomic mass is 9.93. The molecular formula is C38H39F2N5O6. The molecule has 13 heteroatoms. The van der Waals surface area contributed by atoms with Crippen molar-refractivity contribution in [1.29, 1.82) is 0 Å². The Morgan fingerprint density at radius 3 is 2.43 bits per heavy atom. The van der Waals surface area contributed by atoms with Crippen LogP contribution >= 0.6 is 0 Å². The van der Waals surface area contributed by atoms with Crippen molar-refractivity contribution in [2.24, 2.45) is 5.73 Å². The van der Waals surface area contributed by atoms with Crippen molar-refractivity contribution in [3.05, 3.63) is 129 Å². The molecular weight excluding hydrogens is 660 g/mol. The quantitative estimate of drug-likeness (QED) is 0.260. The molecule has 7 rings (SSSR count). The van der Waals surface area contributed by atoms with Gasteiger partial charge < -0.3 is 24.7 Å². The molecule has 1 aromatic heterocycles. The lowest BCUT2D eigenvalue weighted by molar-refractivity contribution is -0.241. The molecule has 4 heterocycles. The van der Waals surface area contributed by atoms with Gasteiger partial charge in [-0.1, -0.05) is 48.5 Å². The van der Waals surface area contributed by atoms with E-state index in [-0.39, 0.29) is 48.3 Å². The molecule has 1 unspecified atom stereocenters. The van der Waals surface area contributed by atoms with Crippen LogP contribution in [-0.4, -0.2) is 62.8 Å². The number of aromatic nitrogens is 1. The number of halogens is 2. The molecule has 11 nitrogen and oxygen atoms in total. The van der Waals surface area contributed by atoms with Gasteiger partial charge in [0, 0.05) is 37.0 Å². The second-order valence-corrected chi connectivity index (χ2v) is 13.3. The van der Waals surface area contributed by atoms with Gasteiger partial charge in [0.25, 0.3) is 11.8 Å². The number of ether oxygens (including phenoxy) is 2. The van der Waals surface area contributed by atoms with Crippen LogP contribution in [0.4, 0.5) is 8.78 Å². The summed E-state index contributed by atoms with van der Waals surface area (Å²) in [7, 11) is 1.59. The zero-order valence-electron chi connectivity index (χ0n) is 28.6. The van der Waals surface area contributed by atoms with E-state index in [1.54, 1.807) is 21.6 Å². The maximum absolute atomic E-state index is 15.1. The number of hydroxylamine groups is 2. The highest BCUT2D eigenvalue weighted by molar-refractivity contribution is 5.99. The largest absolute Gasteiger partial charge is 0.497 e. The van der Waals surface area contributed by atoms with Crippen LogP contribution in [0.2, 0.25) is 0 Å². The summed E-state index contributed by atoms with van der Waals surface area (Å²) in [4.78, 5) is 51.8. The van der Waals surface area contributed by atoms with Crippen LogP contribution in [0.3, 0.4) is 0 Å². The Morgan fingerprint density at radius 2 is 1.75 bits per heavy atom. The van der Waals surface area contributed by atoms with Crippen LogP contribution < -0.4 is 20.6 Å². The molecule has 2 fully saturated rings. The number of primary amides is 1. The van der Waals surface area contributed by atoms with Crippen molar-refractivity contribution in [2.75, 3.05) is 13.7 Å². The van der Waals surface area contributed by atoms with E-state index >= 15 is 4.39 Å². The third-order valence-corrected chi connectivity index (χ3v) is 10.3. The molecule has 1 spiro atoms. The first-order chi connectivity index (χ1) is 24.5. The van der Waals surface area contributed by atoms with Crippen molar-refractivity contribution in [3.8, 4) is 11.5 Å². The van der Waals surface area contributed by atoms with Gasteiger partial charge in [0.05, 0.1) is 25.9 Å². The summed E-state index contributed by atoms with van der Waals surface area (Å²) in [5.74, 6) is -2.34. The van der Waals surface area contributed by atoms with Crippen LogP contribution in [0.5, 0.6) is 11.5 Å². The van der Waals surface area contributed by atoms with Crippen LogP contribution in [0.25, 0.3) is 0 Å². The predicted octanol–water partition coefficient (Wildman–Crippen LogP) is 4.98. The van der Waals surface area contributed by atoms with Gasteiger partial charge in [-0.25, -0.2) is 8.78 Å². The fraction of sp³-hybridized carbons (Fsp3) is 0.342. The molecule has 2 saturated heterocycles. The number of benzene rings is 3.